The molecular weight excluding hydrogens is 252 g/mol. The minimum absolute atomic E-state index is 0.0484. The molecule has 2 heterocycles. The molecule has 0 aromatic carbocycles. The molecule has 0 aliphatic heterocycles. The Morgan fingerprint density at radius 2 is 2.22 bits per heavy atom. The summed E-state index contributed by atoms with van der Waals surface area (Å²) < 4.78 is 0.988. The van der Waals surface area contributed by atoms with E-state index in [9.17, 15) is 9.59 Å². The number of thiophene rings is 1. The highest BCUT2D eigenvalue weighted by Crippen LogP contribution is 2.25. The maximum atomic E-state index is 11.7. The molecule has 7 heteroatoms. The Labute approximate surface area is 107 Å². The summed E-state index contributed by atoms with van der Waals surface area (Å²) >= 11 is 1.53. The minimum Gasteiger partial charge on any atom is -0.394 e. The van der Waals surface area contributed by atoms with Crippen molar-refractivity contribution >= 4 is 22.9 Å². The number of rotatable bonds is 3. The lowest BCUT2D eigenvalue weighted by molar-refractivity contribution is -0.118. The molecule has 0 aliphatic rings. The predicted molar refractivity (Wildman–Crippen MR) is 70.2 cm³/mol. The summed E-state index contributed by atoms with van der Waals surface area (Å²) in [5.74, 6) is -0.636. The summed E-state index contributed by atoms with van der Waals surface area (Å²) in [5, 5.41) is 4.09. The Kier molecular flexibility index (Phi) is 3.15. The van der Waals surface area contributed by atoms with E-state index in [2.05, 4.69) is 5.10 Å². The van der Waals surface area contributed by atoms with Gasteiger partial charge in [-0.2, -0.15) is 5.10 Å². The number of hydrogen-bond donors (Lipinski definition) is 2. The maximum Gasteiger partial charge on any atom is 0.290 e. The number of nitrogens with two attached hydrogens (primary N) is 2. The van der Waals surface area contributed by atoms with Crippen molar-refractivity contribution in [2.45, 2.75) is 13.5 Å². The monoisotopic (exact) mass is 264 g/mol. The van der Waals surface area contributed by atoms with E-state index in [-0.39, 0.29) is 12.2 Å². The van der Waals surface area contributed by atoms with Crippen LogP contribution in [0.3, 0.4) is 0 Å². The Morgan fingerprint density at radius 3 is 2.78 bits per heavy atom. The third kappa shape index (κ3) is 2.40. The highest BCUT2D eigenvalue weighted by atomic mass is 32.1. The van der Waals surface area contributed by atoms with Crippen molar-refractivity contribution in [2.24, 2.45) is 5.73 Å². The van der Waals surface area contributed by atoms with Crippen LogP contribution in [-0.4, -0.2) is 15.7 Å². The van der Waals surface area contributed by atoms with Crippen LogP contribution in [0.2, 0.25) is 0 Å². The summed E-state index contributed by atoms with van der Waals surface area (Å²) in [7, 11) is 0. The lowest BCUT2D eigenvalue weighted by Gasteiger charge is -2.05. The molecule has 0 atom stereocenters. The van der Waals surface area contributed by atoms with Gasteiger partial charge in [0.1, 0.15) is 17.9 Å². The van der Waals surface area contributed by atoms with Crippen LogP contribution in [0.4, 0.5) is 5.69 Å². The molecule has 0 aliphatic carbocycles. The minimum atomic E-state index is -0.636. The fraction of sp³-hybridized carbons (Fsp3) is 0.182. The van der Waals surface area contributed by atoms with E-state index in [4.69, 9.17) is 11.5 Å². The fourth-order valence-electron chi connectivity index (χ4n) is 1.51. The lowest BCUT2D eigenvalue weighted by atomic mass is 10.3. The summed E-state index contributed by atoms with van der Waals surface area (Å²) in [6.45, 7) is 1.69. The van der Waals surface area contributed by atoms with Crippen molar-refractivity contribution in [3.8, 4) is 10.6 Å². The third-order valence-electron chi connectivity index (χ3n) is 2.30. The fourth-order valence-corrected chi connectivity index (χ4v) is 2.33. The van der Waals surface area contributed by atoms with E-state index in [1.165, 1.54) is 17.4 Å². The number of aromatic nitrogens is 2. The van der Waals surface area contributed by atoms with Crippen LogP contribution in [0, 0.1) is 6.92 Å². The predicted octanol–water partition coefficient (Wildman–Crippen LogP) is 0.348. The molecule has 2 aromatic heterocycles. The zero-order chi connectivity index (χ0) is 13.3. The Bertz CT molecular complexity index is 659. The normalized spacial score (nSPS) is 10.5. The molecule has 0 fully saturated rings. The second-order valence-corrected chi connectivity index (χ2v) is 5.11. The summed E-state index contributed by atoms with van der Waals surface area (Å²) in [4.78, 5) is 24.5. The van der Waals surface area contributed by atoms with E-state index in [1.807, 2.05) is 19.1 Å². The first-order chi connectivity index (χ1) is 8.47. The van der Waals surface area contributed by atoms with E-state index in [1.54, 1.807) is 0 Å². The standard InChI is InChI=1S/C11H12N4O2S/c1-6-2-3-9(18-6)8-4-7(12)11(17)15(14-8)5-10(13)16/h2-4H,5,12H2,1H3,(H2,13,16). The number of primary amides is 1. The van der Waals surface area contributed by atoms with Crippen LogP contribution in [-0.2, 0) is 11.3 Å². The molecule has 0 saturated carbocycles. The van der Waals surface area contributed by atoms with Gasteiger partial charge in [0.2, 0.25) is 5.91 Å². The van der Waals surface area contributed by atoms with Gasteiger partial charge in [-0.1, -0.05) is 0 Å². The number of carbonyl (C=O) groups excluding carboxylic acids is 1. The Hall–Kier alpha value is -2.15. The second kappa shape index (κ2) is 4.61. The number of anilines is 1. The SMILES string of the molecule is Cc1ccc(-c2cc(N)c(=O)n(CC(N)=O)n2)s1. The lowest BCUT2D eigenvalue weighted by Crippen LogP contribution is -2.31. The van der Waals surface area contributed by atoms with Crippen LogP contribution in [0.15, 0.2) is 23.0 Å². The molecule has 0 radical (unpaired) electrons. The topological polar surface area (TPSA) is 104 Å². The van der Waals surface area contributed by atoms with Crippen molar-refractivity contribution in [1.82, 2.24) is 9.78 Å². The highest BCUT2D eigenvalue weighted by molar-refractivity contribution is 7.15. The molecule has 0 bridgehead atoms. The van der Waals surface area contributed by atoms with Crippen LogP contribution in [0.1, 0.15) is 4.88 Å². The first kappa shape index (κ1) is 12.3. The Morgan fingerprint density at radius 1 is 1.50 bits per heavy atom. The molecule has 0 unspecified atom stereocenters. The van der Waals surface area contributed by atoms with Gasteiger partial charge in [-0.25, -0.2) is 4.68 Å². The van der Waals surface area contributed by atoms with E-state index >= 15 is 0 Å². The third-order valence-corrected chi connectivity index (χ3v) is 3.32. The van der Waals surface area contributed by atoms with Crippen molar-refractivity contribution in [3.05, 3.63) is 33.4 Å². The van der Waals surface area contributed by atoms with Crippen molar-refractivity contribution in [2.75, 3.05) is 5.73 Å². The molecule has 94 valence electrons. The van der Waals surface area contributed by atoms with Gasteiger partial charge in [0.15, 0.2) is 0 Å². The first-order valence-corrected chi connectivity index (χ1v) is 6.02. The first-order valence-electron chi connectivity index (χ1n) is 5.20. The van der Waals surface area contributed by atoms with Crippen LogP contribution in [0.25, 0.3) is 10.6 Å². The molecule has 0 spiro atoms. The second-order valence-electron chi connectivity index (χ2n) is 3.82. The average Bonchev–Trinajstić information content (AvgIpc) is 2.70. The Balaban J connectivity index is 2.53. The van der Waals surface area contributed by atoms with Gasteiger partial charge in [0.05, 0.1) is 4.88 Å². The van der Waals surface area contributed by atoms with Gasteiger partial charge in [-0.15, -0.1) is 11.3 Å². The van der Waals surface area contributed by atoms with Crippen molar-refractivity contribution in [3.63, 3.8) is 0 Å². The molecule has 18 heavy (non-hydrogen) atoms. The van der Waals surface area contributed by atoms with E-state index < -0.39 is 11.5 Å². The van der Waals surface area contributed by atoms with Crippen LogP contribution < -0.4 is 17.0 Å². The molecule has 4 N–H and O–H groups in total. The van der Waals surface area contributed by atoms with Gasteiger partial charge >= 0.3 is 0 Å². The molecule has 2 rings (SSSR count). The van der Waals surface area contributed by atoms with Crippen LogP contribution in [0.5, 0.6) is 0 Å². The van der Waals surface area contributed by atoms with Crippen LogP contribution >= 0.6 is 11.3 Å². The maximum absolute atomic E-state index is 11.7. The van der Waals surface area contributed by atoms with Crippen molar-refractivity contribution in [1.29, 1.82) is 0 Å². The van der Waals surface area contributed by atoms with Gasteiger partial charge in [-0.3, -0.25) is 9.59 Å². The van der Waals surface area contributed by atoms with Gasteiger partial charge in [0.25, 0.3) is 5.56 Å². The molecule has 1 amide bonds. The van der Waals surface area contributed by atoms with Gasteiger partial charge in [0, 0.05) is 4.88 Å². The van der Waals surface area contributed by atoms with E-state index in [0.29, 0.717) is 5.69 Å². The molecule has 0 saturated heterocycles. The zero-order valence-electron chi connectivity index (χ0n) is 9.71. The summed E-state index contributed by atoms with van der Waals surface area (Å²) in [6, 6.07) is 5.34. The molecule has 2 aromatic rings. The number of carbonyl (C=O) groups is 1. The van der Waals surface area contributed by atoms with Crippen molar-refractivity contribution < 1.29 is 4.79 Å². The molecular formula is C11H12N4O2S. The van der Waals surface area contributed by atoms with E-state index in [0.717, 1.165) is 14.4 Å². The number of nitrogens with zero attached hydrogens (tertiary/aromatic N) is 2. The molecule has 6 nitrogen and oxygen atoms in total. The number of hydrogen-bond acceptors (Lipinski definition) is 5. The number of nitrogen functional groups attached to an aromatic ring is 1. The summed E-state index contributed by atoms with van der Waals surface area (Å²) in [6.07, 6.45) is 0. The largest absolute Gasteiger partial charge is 0.394 e. The number of amides is 1. The zero-order valence-corrected chi connectivity index (χ0v) is 10.5. The summed E-state index contributed by atoms with van der Waals surface area (Å²) in [5.41, 5.74) is 10.8. The quantitative estimate of drug-likeness (QED) is 0.834. The van der Waals surface area contributed by atoms with Gasteiger partial charge in [-0.05, 0) is 25.1 Å². The number of aryl methyl sites for hydroxylation is 1. The average molecular weight is 264 g/mol. The van der Waals surface area contributed by atoms with Gasteiger partial charge < -0.3 is 11.5 Å². The highest BCUT2D eigenvalue weighted by Gasteiger charge is 2.10. The smallest absolute Gasteiger partial charge is 0.290 e.